The second kappa shape index (κ2) is 6.04. The Bertz CT molecular complexity index is 304. The Hall–Kier alpha value is -1.05. The largest absolute Gasteiger partial charge is 0.340 e. The molecule has 0 aromatic heterocycles. The summed E-state index contributed by atoms with van der Waals surface area (Å²) in [4.78, 5) is 16.4. The summed E-state index contributed by atoms with van der Waals surface area (Å²) in [5.41, 5.74) is 0. The van der Waals surface area contributed by atoms with Crippen LogP contribution in [0.3, 0.4) is 0 Å². The molecule has 1 amide bonds. The van der Waals surface area contributed by atoms with E-state index in [-0.39, 0.29) is 0 Å². The van der Waals surface area contributed by atoms with E-state index in [4.69, 9.17) is 6.42 Å². The van der Waals surface area contributed by atoms with E-state index in [1.165, 1.54) is 6.42 Å². The molecule has 4 nitrogen and oxygen atoms in total. The summed E-state index contributed by atoms with van der Waals surface area (Å²) in [5, 5.41) is 3.26. The van der Waals surface area contributed by atoms with Gasteiger partial charge in [0.15, 0.2) is 0 Å². The van der Waals surface area contributed by atoms with Gasteiger partial charge >= 0.3 is 0 Å². The quantitative estimate of drug-likeness (QED) is 0.694. The van der Waals surface area contributed by atoms with Gasteiger partial charge in [-0.2, -0.15) is 0 Å². The summed E-state index contributed by atoms with van der Waals surface area (Å²) < 4.78 is 0. The summed E-state index contributed by atoms with van der Waals surface area (Å²) in [6, 6.07) is 0.369. The van der Waals surface area contributed by atoms with Gasteiger partial charge in [0.05, 0.1) is 6.54 Å². The Labute approximate surface area is 103 Å². The summed E-state index contributed by atoms with van der Waals surface area (Å²) >= 11 is 0. The van der Waals surface area contributed by atoms with Gasteiger partial charge in [-0.25, -0.2) is 0 Å². The van der Waals surface area contributed by atoms with Gasteiger partial charge < -0.3 is 10.2 Å². The summed E-state index contributed by atoms with van der Waals surface area (Å²) in [5.74, 6) is 2.98. The fourth-order valence-corrected chi connectivity index (χ4v) is 2.70. The van der Waals surface area contributed by atoms with Crippen LogP contribution in [-0.2, 0) is 4.79 Å². The van der Waals surface area contributed by atoms with Crippen molar-refractivity contribution in [2.24, 2.45) is 0 Å². The molecule has 17 heavy (non-hydrogen) atoms. The van der Waals surface area contributed by atoms with Gasteiger partial charge in [0, 0.05) is 38.6 Å². The molecule has 1 N–H and O–H groups in total. The predicted molar refractivity (Wildman–Crippen MR) is 67.5 cm³/mol. The minimum atomic E-state index is 0.292. The number of hydrogen-bond acceptors (Lipinski definition) is 3. The van der Waals surface area contributed by atoms with Crippen LogP contribution in [0.25, 0.3) is 0 Å². The molecule has 0 bridgehead atoms. The highest BCUT2D eigenvalue weighted by Gasteiger charge is 2.28. The molecule has 2 heterocycles. The van der Waals surface area contributed by atoms with Crippen LogP contribution in [0, 0.1) is 12.3 Å². The number of rotatable bonds is 3. The molecular formula is C13H21N3O. The number of nitrogens with zero attached hydrogens (tertiary/aromatic N) is 2. The van der Waals surface area contributed by atoms with Gasteiger partial charge in [0.25, 0.3) is 0 Å². The molecule has 0 saturated carbocycles. The van der Waals surface area contributed by atoms with E-state index in [1.807, 2.05) is 4.90 Å². The molecule has 2 saturated heterocycles. The van der Waals surface area contributed by atoms with E-state index in [1.54, 1.807) is 0 Å². The van der Waals surface area contributed by atoms with Gasteiger partial charge in [-0.3, -0.25) is 9.69 Å². The maximum Gasteiger partial charge on any atom is 0.224 e. The lowest BCUT2D eigenvalue weighted by molar-refractivity contribution is -0.132. The standard InChI is InChI=1S/C13H21N3O/c1-2-7-15-8-3-4-12(15)11-13(17)16-9-5-14-6-10-16/h1,12,14H,3-11H2. The third-order valence-corrected chi connectivity index (χ3v) is 3.67. The highest BCUT2D eigenvalue weighted by molar-refractivity contribution is 5.77. The SMILES string of the molecule is C#CCN1CCCC1CC(=O)N1CCNCC1. The highest BCUT2D eigenvalue weighted by atomic mass is 16.2. The van der Waals surface area contributed by atoms with Crippen molar-refractivity contribution in [2.75, 3.05) is 39.3 Å². The Morgan fingerprint density at radius 1 is 1.35 bits per heavy atom. The lowest BCUT2D eigenvalue weighted by atomic mass is 10.1. The molecule has 0 spiro atoms. The smallest absolute Gasteiger partial charge is 0.224 e. The maximum absolute atomic E-state index is 12.1. The van der Waals surface area contributed by atoms with Crippen molar-refractivity contribution in [3.63, 3.8) is 0 Å². The topological polar surface area (TPSA) is 35.6 Å². The average molecular weight is 235 g/mol. The van der Waals surface area contributed by atoms with Gasteiger partial charge in [-0.15, -0.1) is 6.42 Å². The minimum Gasteiger partial charge on any atom is -0.340 e. The van der Waals surface area contributed by atoms with Crippen LogP contribution in [-0.4, -0.2) is 61.0 Å². The van der Waals surface area contributed by atoms with Crippen LogP contribution in [0.4, 0.5) is 0 Å². The Morgan fingerprint density at radius 2 is 2.12 bits per heavy atom. The first-order valence-electron chi connectivity index (χ1n) is 6.47. The lowest BCUT2D eigenvalue weighted by Gasteiger charge is -2.30. The third kappa shape index (κ3) is 3.21. The molecule has 1 unspecified atom stereocenters. The molecule has 0 aromatic carbocycles. The molecule has 0 aliphatic carbocycles. The molecule has 2 aliphatic heterocycles. The fraction of sp³-hybridized carbons (Fsp3) is 0.769. The lowest BCUT2D eigenvalue weighted by Crippen LogP contribution is -2.48. The van der Waals surface area contributed by atoms with Gasteiger partial charge in [-0.1, -0.05) is 5.92 Å². The first-order valence-corrected chi connectivity index (χ1v) is 6.47. The first kappa shape index (κ1) is 12.4. The average Bonchev–Trinajstić information content (AvgIpc) is 2.78. The molecule has 0 radical (unpaired) electrons. The fourth-order valence-electron chi connectivity index (χ4n) is 2.70. The third-order valence-electron chi connectivity index (χ3n) is 3.67. The van der Waals surface area contributed by atoms with Crippen molar-refractivity contribution in [1.82, 2.24) is 15.1 Å². The Balaban J connectivity index is 1.83. The number of terminal acetylenes is 1. The van der Waals surface area contributed by atoms with Crippen LogP contribution in [0.1, 0.15) is 19.3 Å². The van der Waals surface area contributed by atoms with Crippen molar-refractivity contribution in [1.29, 1.82) is 0 Å². The number of amides is 1. The van der Waals surface area contributed by atoms with Crippen LogP contribution in [0.5, 0.6) is 0 Å². The van der Waals surface area contributed by atoms with Crippen molar-refractivity contribution in [2.45, 2.75) is 25.3 Å². The number of hydrogen-bond donors (Lipinski definition) is 1. The van der Waals surface area contributed by atoms with Crippen LogP contribution < -0.4 is 5.32 Å². The van der Waals surface area contributed by atoms with Crippen molar-refractivity contribution < 1.29 is 4.79 Å². The number of likely N-dealkylation sites (tertiary alicyclic amines) is 1. The molecule has 2 rings (SSSR count). The van der Waals surface area contributed by atoms with Gasteiger partial charge in [0.2, 0.25) is 5.91 Å². The molecule has 94 valence electrons. The molecular weight excluding hydrogens is 214 g/mol. The molecule has 2 aliphatic rings. The monoisotopic (exact) mass is 235 g/mol. The number of carbonyl (C=O) groups excluding carboxylic acids is 1. The number of nitrogens with one attached hydrogen (secondary N) is 1. The zero-order valence-corrected chi connectivity index (χ0v) is 10.3. The molecule has 1 atom stereocenters. The highest BCUT2D eigenvalue weighted by Crippen LogP contribution is 2.20. The van der Waals surface area contributed by atoms with E-state index >= 15 is 0 Å². The van der Waals surface area contributed by atoms with Gasteiger partial charge in [-0.05, 0) is 19.4 Å². The Morgan fingerprint density at radius 3 is 2.82 bits per heavy atom. The first-order chi connectivity index (χ1) is 8.31. The summed E-state index contributed by atoms with van der Waals surface area (Å²) in [6.45, 7) is 5.26. The van der Waals surface area contributed by atoms with E-state index in [0.29, 0.717) is 24.9 Å². The van der Waals surface area contributed by atoms with Crippen LogP contribution in [0.15, 0.2) is 0 Å². The van der Waals surface area contributed by atoms with E-state index in [2.05, 4.69) is 16.1 Å². The van der Waals surface area contributed by atoms with Crippen LogP contribution in [0.2, 0.25) is 0 Å². The second-order valence-electron chi connectivity index (χ2n) is 4.81. The van der Waals surface area contributed by atoms with E-state index in [9.17, 15) is 4.79 Å². The normalized spacial score (nSPS) is 25.8. The summed E-state index contributed by atoms with van der Waals surface area (Å²) in [6.07, 6.45) is 8.27. The molecule has 0 aromatic rings. The van der Waals surface area contributed by atoms with E-state index in [0.717, 1.165) is 39.1 Å². The molecule has 4 heteroatoms. The van der Waals surface area contributed by atoms with Crippen molar-refractivity contribution in [3.8, 4) is 12.3 Å². The number of piperazine rings is 1. The van der Waals surface area contributed by atoms with Crippen LogP contribution >= 0.6 is 0 Å². The van der Waals surface area contributed by atoms with Crippen molar-refractivity contribution in [3.05, 3.63) is 0 Å². The molecule has 2 fully saturated rings. The maximum atomic E-state index is 12.1. The Kier molecular flexibility index (Phi) is 4.41. The van der Waals surface area contributed by atoms with Crippen molar-refractivity contribution >= 4 is 5.91 Å². The zero-order chi connectivity index (χ0) is 12.1. The second-order valence-corrected chi connectivity index (χ2v) is 4.81. The predicted octanol–water partition coefficient (Wildman–Crippen LogP) is -0.0941. The van der Waals surface area contributed by atoms with E-state index < -0.39 is 0 Å². The number of carbonyl (C=O) groups is 1. The summed E-state index contributed by atoms with van der Waals surface area (Å²) in [7, 11) is 0. The zero-order valence-electron chi connectivity index (χ0n) is 10.3. The minimum absolute atomic E-state index is 0.292. The van der Waals surface area contributed by atoms with Gasteiger partial charge in [0.1, 0.15) is 0 Å².